The van der Waals surface area contributed by atoms with Crippen LogP contribution in [-0.2, 0) is 9.59 Å². The van der Waals surface area contributed by atoms with Gasteiger partial charge in [0.15, 0.2) is 0 Å². The maximum atomic E-state index is 13.7. The van der Waals surface area contributed by atoms with Gasteiger partial charge in [0.25, 0.3) is 0 Å². The second-order valence-electron chi connectivity index (χ2n) is 10.5. The lowest BCUT2D eigenvalue weighted by atomic mass is 9.85. The number of rotatable bonds is 5. The molecule has 0 radical (unpaired) electrons. The normalized spacial score (nSPS) is 31.4. The number of carbonyl (C=O) groups excluding carboxylic acids is 2. The molecule has 2 heterocycles. The summed E-state index contributed by atoms with van der Waals surface area (Å²) in [5.41, 5.74) is 0.382. The van der Waals surface area contributed by atoms with E-state index < -0.39 is 41.7 Å². The molecule has 32 heavy (non-hydrogen) atoms. The summed E-state index contributed by atoms with van der Waals surface area (Å²) < 4.78 is 1.59. The van der Waals surface area contributed by atoms with Crippen LogP contribution in [0.4, 0.5) is 0 Å². The van der Waals surface area contributed by atoms with Crippen molar-refractivity contribution in [2.75, 3.05) is 6.54 Å². The molecule has 0 spiro atoms. The summed E-state index contributed by atoms with van der Waals surface area (Å²) in [6.07, 6.45) is 3.19. The van der Waals surface area contributed by atoms with Crippen molar-refractivity contribution < 1.29 is 19.8 Å². The van der Waals surface area contributed by atoms with Crippen LogP contribution in [-0.4, -0.2) is 72.8 Å². The first kappa shape index (κ1) is 22.7. The molecule has 2 amide bonds. The number of nitrogens with zero attached hydrogens (tertiary/aromatic N) is 5. The Balaban J connectivity index is 1.53. The zero-order valence-corrected chi connectivity index (χ0v) is 18.8. The molecule has 10 heteroatoms. The van der Waals surface area contributed by atoms with Crippen molar-refractivity contribution in [2.24, 2.45) is 11.3 Å². The zero-order chi connectivity index (χ0) is 23.2. The first-order valence-electron chi connectivity index (χ1n) is 11.4. The van der Waals surface area contributed by atoms with E-state index in [9.17, 15) is 19.8 Å². The van der Waals surface area contributed by atoms with Crippen LogP contribution in [0.15, 0.2) is 6.20 Å². The molecule has 3 N–H and O–H groups in total. The molecule has 3 aliphatic rings. The molecule has 1 saturated heterocycles. The summed E-state index contributed by atoms with van der Waals surface area (Å²) >= 11 is 0. The summed E-state index contributed by atoms with van der Waals surface area (Å²) in [5, 5.41) is 40.9. The first-order valence-corrected chi connectivity index (χ1v) is 11.4. The monoisotopic (exact) mass is 444 g/mol. The van der Waals surface area contributed by atoms with Gasteiger partial charge in [-0.1, -0.05) is 26.0 Å². The van der Waals surface area contributed by atoms with Gasteiger partial charge in [0.05, 0.1) is 35.9 Å². The number of nitriles is 1. The van der Waals surface area contributed by atoms with Crippen LogP contribution in [0.3, 0.4) is 0 Å². The molecule has 1 aromatic heterocycles. The molecular weight excluding hydrogens is 412 g/mol. The minimum absolute atomic E-state index is 0.0573. The number of aliphatic hydroxyl groups is 2. The Morgan fingerprint density at radius 2 is 1.97 bits per heavy atom. The minimum atomic E-state index is -0.845. The molecule has 10 nitrogen and oxygen atoms in total. The van der Waals surface area contributed by atoms with Crippen molar-refractivity contribution in [1.82, 2.24) is 25.2 Å². The first-order chi connectivity index (χ1) is 15.1. The van der Waals surface area contributed by atoms with E-state index in [4.69, 9.17) is 5.26 Å². The van der Waals surface area contributed by atoms with Crippen LogP contribution in [0, 0.1) is 22.7 Å². The van der Waals surface area contributed by atoms with Crippen LogP contribution in [0.1, 0.15) is 70.5 Å². The Hall–Kier alpha value is -2.51. The van der Waals surface area contributed by atoms with Gasteiger partial charge in [-0.05, 0) is 31.1 Å². The van der Waals surface area contributed by atoms with E-state index >= 15 is 0 Å². The number of carbonyl (C=O) groups is 2. The van der Waals surface area contributed by atoms with Crippen molar-refractivity contribution in [3.8, 4) is 6.07 Å². The van der Waals surface area contributed by atoms with Gasteiger partial charge >= 0.3 is 0 Å². The van der Waals surface area contributed by atoms with E-state index in [1.807, 2.05) is 27.0 Å². The van der Waals surface area contributed by atoms with Gasteiger partial charge in [0.1, 0.15) is 12.1 Å². The summed E-state index contributed by atoms with van der Waals surface area (Å²) in [7, 11) is 0. The lowest BCUT2D eigenvalue weighted by Crippen LogP contribution is -2.53. The molecule has 174 valence electrons. The quantitative estimate of drug-likeness (QED) is 0.599. The van der Waals surface area contributed by atoms with E-state index in [0.717, 1.165) is 18.5 Å². The molecule has 2 aliphatic carbocycles. The molecule has 0 unspecified atom stereocenters. The van der Waals surface area contributed by atoms with Gasteiger partial charge in [-0.3, -0.25) is 9.59 Å². The van der Waals surface area contributed by atoms with Gasteiger partial charge in [0, 0.05) is 25.1 Å². The highest BCUT2D eigenvalue weighted by molar-refractivity contribution is 5.90. The zero-order valence-electron chi connectivity index (χ0n) is 18.8. The van der Waals surface area contributed by atoms with Gasteiger partial charge in [-0.15, -0.1) is 5.10 Å². The summed E-state index contributed by atoms with van der Waals surface area (Å²) in [5.74, 6) is -0.604. The maximum Gasteiger partial charge on any atom is 0.248 e. The van der Waals surface area contributed by atoms with Crippen LogP contribution in [0.5, 0.6) is 0 Å². The number of likely N-dealkylation sites (tertiary alicyclic amines) is 1. The van der Waals surface area contributed by atoms with Crippen LogP contribution in [0.25, 0.3) is 0 Å². The Bertz CT molecular complexity index is 914. The molecule has 1 aliphatic heterocycles. The SMILES string of the molecule is CC(C)(C)[C@@H](C(=O)N1C[C@H](O)C[C@H]1C(=O)N[C@@H]1C[C@H](C#N)C[C@H]1O)n1cc(C2CC2)nn1. The lowest BCUT2D eigenvalue weighted by molar-refractivity contribution is -0.144. The summed E-state index contributed by atoms with van der Waals surface area (Å²) in [4.78, 5) is 28.2. The van der Waals surface area contributed by atoms with E-state index in [1.54, 1.807) is 4.68 Å². The standard InChI is InChI=1S/C22H32N6O4/c1-22(2,3)19(28-11-16(25-26-28)13-4-5-13)21(32)27-10-14(29)8-17(27)20(31)24-15-6-12(9-23)7-18(15)30/h11-15,17-19,29-30H,4-8,10H2,1-3H3,(H,24,31)/t12-,14+,15+,17-,18+,19+/m0/s1. The highest BCUT2D eigenvalue weighted by atomic mass is 16.3. The third kappa shape index (κ3) is 4.50. The average Bonchev–Trinajstić information content (AvgIpc) is 3.15. The second-order valence-corrected chi connectivity index (χ2v) is 10.5. The van der Waals surface area contributed by atoms with Gasteiger partial charge in [0.2, 0.25) is 11.8 Å². The number of hydrogen-bond acceptors (Lipinski definition) is 7. The molecule has 1 aromatic rings. The minimum Gasteiger partial charge on any atom is -0.391 e. The Kier molecular flexibility index (Phi) is 5.98. The molecule has 0 bridgehead atoms. The Morgan fingerprint density at radius 3 is 2.56 bits per heavy atom. The van der Waals surface area contributed by atoms with E-state index in [0.29, 0.717) is 18.8 Å². The fourth-order valence-electron chi connectivity index (χ4n) is 4.88. The van der Waals surface area contributed by atoms with Crippen LogP contribution in [0.2, 0.25) is 0 Å². The third-order valence-corrected chi connectivity index (χ3v) is 6.75. The topological polar surface area (TPSA) is 144 Å². The predicted molar refractivity (Wildman–Crippen MR) is 113 cm³/mol. The van der Waals surface area contributed by atoms with Crippen molar-refractivity contribution >= 4 is 11.8 Å². The van der Waals surface area contributed by atoms with Crippen LogP contribution < -0.4 is 5.32 Å². The average molecular weight is 445 g/mol. The second kappa shape index (κ2) is 8.45. The van der Waals surface area contributed by atoms with Gasteiger partial charge in [-0.25, -0.2) is 4.68 Å². The number of hydrogen-bond donors (Lipinski definition) is 3. The largest absolute Gasteiger partial charge is 0.391 e. The molecule has 3 fully saturated rings. The van der Waals surface area contributed by atoms with Gasteiger partial charge in [-0.2, -0.15) is 5.26 Å². The van der Waals surface area contributed by atoms with E-state index in [-0.39, 0.29) is 24.8 Å². The van der Waals surface area contributed by atoms with E-state index in [2.05, 4.69) is 21.7 Å². The van der Waals surface area contributed by atoms with Crippen molar-refractivity contribution in [2.45, 2.75) is 89.1 Å². The number of nitrogens with one attached hydrogen (secondary N) is 1. The molecule has 2 saturated carbocycles. The van der Waals surface area contributed by atoms with E-state index in [1.165, 1.54) is 4.90 Å². The molecule has 6 atom stereocenters. The number of aromatic nitrogens is 3. The highest BCUT2D eigenvalue weighted by Gasteiger charge is 2.46. The lowest BCUT2D eigenvalue weighted by Gasteiger charge is -2.35. The smallest absolute Gasteiger partial charge is 0.248 e. The molecule has 4 rings (SSSR count). The fraction of sp³-hybridized carbons (Fsp3) is 0.773. The van der Waals surface area contributed by atoms with Crippen molar-refractivity contribution in [3.05, 3.63) is 11.9 Å². The Morgan fingerprint density at radius 1 is 1.25 bits per heavy atom. The number of β-amino-alcohol motifs (C(OH)–C–C–N with tert-alkyl or cyclic N) is 1. The molecule has 0 aromatic carbocycles. The fourth-order valence-corrected chi connectivity index (χ4v) is 4.88. The van der Waals surface area contributed by atoms with Crippen molar-refractivity contribution in [1.29, 1.82) is 5.26 Å². The van der Waals surface area contributed by atoms with Crippen molar-refractivity contribution in [3.63, 3.8) is 0 Å². The summed E-state index contributed by atoms with van der Waals surface area (Å²) in [6.45, 7) is 5.87. The summed E-state index contributed by atoms with van der Waals surface area (Å²) in [6, 6.07) is 0.0799. The number of aliphatic hydroxyl groups excluding tert-OH is 2. The molecular formula is C22H32N6O4. The highest BCUT2D eigenvalue weighted by Crippen LogP contribution is 2.40. The predicted octanol–water partition coefficient (Wildman–Crippen LogP) is 0.484. The van der Waals surface area contributed by atoms with Crippen LogP contribution >= 0.6 is 0 Å². The maximum absolute atomic E-state index is 13.7. The third-order valence-electron chi connectivity index (χ3n) is 6.75. The number of amides is 2. The Labute approximate surface area is 187 Å². The van der Waals surface area contributed by atoms with Gasteiger partial charge < -0.3 is 20.4 Å².